The summed E-state index contributed by atoms with van der Waals surface area (Å²) in [5.41, 5.74) is 5.57. The highest BCUT2D eigenvalue weighted by molar-refractivity contribution is 5.89. The zero-order chi connectivity index (χ0) is 15.1. The van der Waals surface area contributed by atoms with Gasteiger partial charge in [0.2, 0.25) is 5.91 Å². The summed E-state index contributed by atoms with van der Waals surface area (Å²) in [5.74, 6) is -2.33. The molecule has 1 saturated carbocycles. The van der Waals surface area contributed by atoms with Crippen molar-refractivity contribution in [1.29, 1.82) is 0 Å². The molecule has 2 atom stereocenters. The monoisotopic (exact) mass is 286 g/mol. The number of rotatable bonds is 6. The van der Waals surface area contributed by atoms with Crippen LogP contribution in [0.3, 0.4) is 0 Å². The number of carbonyl (C=O) groups is 3. The van der Waals surface area contributed by atoms with Crippen molar-refractivity contribution < 1.29 is 24.2 Å². The number of aliphatic carboxylic acids is 1. The number of nitrogens with one attached hydrogen (secondary N) is 1. The van der Waals surface area contributed by atoms with Gasteiger partial charge in [0.15, 0.2) is 0 Å². The summed E-state index contributed by atoms with van der Waals surface area (Å²) >= 11 is 0. The topological polar surface area (TPSA) is 119 Å². The Labute approximate surface area is 117 Å². The molecule has 0 bridgehead atoms. The fourth-order valence-corrected chi connectivity index (χ4v) is 2.07. The zero-order valence-electron chi connectivity index (χ0n) is 11.6. The summed E-state index contributed by atoms with van der Waals surface area (Å²) in [7, 11) is 0. The lowest BCUT2D eigenvalue weighted by molar-refractivity contribution is -0.152. The van der Waals surface area contributed by atoms with Crippen molar-refractivity contribution in [2.24, 2.45) is 5.73 Å². The first-order valence-corrected chi connectivity index (χ1v) is 6.88. The number of nitrogens with two attached hydrogens (primary N) is 1. The van der Waals surface area contributed by atoms with Crippen molar-refractivity contribution >= 4 is 17.8 Å². The molecule has 20 heavy (non-hydrogen) atoms. The molecule has 0 aliphatic heterocycles. The minimum atomic E-state index is -1.16. The Morgan fingerprint density at radius 3 is 2.45 bits per heavy atom. The van der Waals surface area contributed by atoms with Crippen LogP contribution in [-0.2, 0) is 19.1 Å². The molecule has 0 spiro atoms. The molecule has 0 aromatic rings. The standard InChI is InChI=1S/C13H22N2O5/c1-8(13(18)19)15-12(17)10(14)7-11(16)20-9-5-3-2-4-6-9/h8-10H,2-7,14H2,1H3,(H,15,17)(H,18,19)/t8-,10+/m0/s1. The first-order chi connectivity index (χ1) is 9.40. The van der Waals surface area contributed by atoms with E-state index in [9.17, 15) is 14.4 Å². The maximum Gasteiger partial charge on any atom is 0.325 e. The molecule has 1 aliphatic carbocycles. The number of esters is 1. The van der Waals surface area contributed by atoms with E-state index >= 15 is 0 Å². The van der Waals surface area contributed by atoms with Gasteiger partial charge in [0.05, 0.1) is 12.5 Å². The van der Waals surface area contributed by atoms with Crippen LogP contribution in [0.15, 0.2) is 0 Å². The highest BCUT2D eigenvalue weighted by Crippen LogP contribution is 2.20. The van der Waals surface area contributed by atoms with Crippen LogP contribution in [0, 0.1) is 0 Å². The normalized spacial score (nSPS) is 18.9. The third kappa shape index (κ3) is 5.56. The second-order valence-electron chi connectivity index (χ2n) is 5.13. The second kappa shape index (κ2) is 7.84. The molecular formula is C13H22N2O5. The molecule has 1 fully saturated rings. The number of amides is 1. The Kier molecular flexibility index (Phi) is 6.44. The quantitative estimate of drug-likeness (QED) is 0.599. The molecule has 0 heterocycles. The van der Waals surface area contributed by atoms with Gasteiger partial charge in [0, 0.05) is 0 Å². The van der Waals surface area contributed by atoms with E-state index in [0.717, 1.165) is 32.1 Å². The van der Waals surface area contributed by atoms with Crippen molar-refractivity contribution in [1.82, 2.24) is 5.32 Å². The number of carboxylic acids is 1. The predicted octanol–water partition coefficient (Wildman–Crippen LogP) is 0.169. The molecule has 4 N–H and O–H groups in total. The molecule has 0 aromatic heterocycles. The van der Waals surface area contributed by atoms with Crippen molar-refractivity contribution in [3.63, 3.8) is 0 Å². The van der Waals surface area contributed by atoms with E-state index in [1.165, 1.54) is 6.92 Å². The average molecular weight is 286 g/mol. The lowest BCUT2D eigenvalue weighted by Gasteiger charge is -2.22. The third-order valence-electron chi connectivity index (χ3n) is 3.30. The van der Waals surface area contributed by atoms with E-state index in [-0.39, 0.29) is 12.5 Å². The van der Waals surface area contributed by atoms with Gasteiger partial charge in [-0.3, -0.25) is 14.4 Å². The predicted molar refractivity (Wildman–Crippen MR) is 70.8 cm³/mol. The van der Waals surface area contributed by atoms with Gasteiger partial charge < -0.3 is 20.9 Å². The molecule has 7 nitrogen and oxygen atoms in total. The molecule has 0 saturated heterocycles. The first-order valence-electron chi connectivity index (χ1n) is 6.88. The Hall–Kier alpha value is -1.63. The van der Waals surface area contributed by atoms with Crippen LogP contribution in [-0.4, -0.2) is 41.1 Å². The molecule has 1 amide bonds. The van der Waals surface area contributed by atoms with Crippen LogP contribution >= 0.6 is 0 Å². The molecule has 1 aliphatic rings. The van der Waals surface area contributed by atoms with Gasteiger partial charge >= 0.3 is 11.9 Å². The molecule has 114 valence electrons. The minimum absolute atomic E-state index is 0.0792. The largest absolute Gasteiger partial charge is 0.480 e. The van der Waals surface area contributed by atoms with Gasteiger partial charge in [-0.05, 0) is 32.6 Å². The number of carboxylic acid groups (broad SMARTS) is 1. The van der Waals surface area contributed by atoms with Crippen LogP contribution < -0.4 is 11.1 Å². The van der Waals surface area contributed by atoms with Crippen molar-refractivity contribution in [3.05, 3.63) is 0 Å². The van der Waals surface area contributed by atoms with Crippen LogP contribution in [0.4, 0.5) is 0 Å². The van der Waals surface area contributed by atoms with Gasteiger partial charge in [-0.15, -0.1) is 0 Å². The smallest absolute Gasteiger partial charge is 0.325 e. The van der Waals surface area contributed by atoms with E-state index in [1.54, 1.807) is 0 Å². The average Bonchev–Trinajstić information content (AvgIpc) is 2.39. The van der Waals surface area contributed by atoms with Gasteiger partial charge in [-0.1, -0.05) is 6.42 Å². The Morgan fingerprint density at radius 2 is 1.90 bits per heavy atom. The third-order valence-corrected chi connectivity index (χ3v) is 3.30. The van der Waals surface area contributed by atoms with Crippen LogP contribution in [0.1, 0.15) is 45.4 Å². The lowest BCUT2D eigenvalue weighted by Crippen LogP contribution is -2.48. The van der Waals surface area contributed by atoms with Crippen LogP contribution in [0.25, 0.3) is 0 Å². The van der Waals surface area contributed by atoms with Gasteiger partial charge in [0.25, 0.3) is 0 Å². The molecule has 1 rings (SSSR count). The zero-order valence-corrected chi connectivity index (χ0v) is 11.6. The molecular weight excluding hydrogens is 264 g/mol. The second-order valence-corrected chi connectivity index (χ2v) is 5.13. The number of carbonyl (C=O) groups excluding carboxylic acids is 2. The molecule has 0 unspecified atom stereocenters. The Balaban J connectivity index is 2.32. The maximum atomic E-state index is 11.6. The van der Waals surface area contributed by atoms with Crippen LogP contribution in [0.5, 0.6) is 0 Å². The van der Waals surface area contributed by atoms with E-state index < -0.39 is 29.9 Å². The van der Waals surface area contributed by atoms with Crippen molar-refractivity contribution in [2.45, 2.75) is 63.6 Å². The summed E-state index contributed by atoms with van der Waals surface area (Å²) in [6, 6.07) is -2.13. The van der Waals surface area contributed by atoms with Gasteiger partial charge in [0.1, 0.15) is 12.1 Å². The first kappa shape index (κ1) is 16.4. The molecule has 0 aromatic carbocycles. The fourth-order valence-electron chi connectivity index (χ4n) is 2.07. The molecule has 0 radical (unpaired) electrons. The summed E-state index contributed by atoms with van der Waals surface area (Å²) in [6.45, 7) is 1.33. The maximum absolute atomic E-state index is 11.6. The van der Waals surface area contributed by atoms with E-state index in [2.05, 4.69) is 5.32 Å². The highest BCUT2D eigenvalue weighted by Gasteiger charge is 2.24. The van der Waals surface area contributed by atoms with Crippen molar-refractivity contribution in [3.8, 4) is 0 Å². The van der Waals surface area contributed by atoms with Crippen LogP contribution in [0.2, 0.25) is 0 Å². The molecule has 7 heteroatoms. The number of hydrogen-bond acceptors (Lipinski definition) is 5. The van der Waals surface area contributed by atoms with Gasteiger partial charge in [-0.2, -0.15) is 0 Å². The summed E-state index contributed by atoms with van der Waals surface area (Å²) in [5, 5.41) is 10.9. The van der Waals surface area contributed by atoms with E-state index in [4.69, 9.17) is 15.6 Å². The van der Waals surface area contributed by atoms with E-state index in [0.29, 0.717) is 0 Å². The lowest BCUT2D eigenvalue weighted by atomic mass is 9.98. The fraction of sp³-hybridized carbons (Fsp3) is 0.769. The number of ether oxygens (including phenoxy) is 1. The summed E-state index contributed by atoms with van der Waals surface area (Å²) in [6.07, 6.45) is 4.62. The van der Waals surface area contributed by atoms with Gasteiger partial charge in [-0.25, -0.2) is 0 Å². The summed E-state index contributed by atoms with van der Waals surface area (Å²) in [4.78, 5) is 33.8. The van der Waals surface area contributed by atoms with Crippen molar-refractivity contribution in [2.75, 3.05) is 0 Å². The number of hydrogen-bond donors (Lipinski definition) is 3. The van der Waals surface area contributed by atoms with E-state index in [1.807, 2.05) is 0 Å². The Morgan fingerprint density at radius 1 is 1.30 bits per heavy atom. The highest BCUT2D eigenvalue weighted by atomic mass is 16.5. The Bertz CT molecular complexity index is 366. The summed E-state index contributed by atoms with van der Waals surface area (Å²) < 4.78 is 5.25. The minimum Gasteiger partial charge on any atom is -0.480 e. The SMILES string of the molecule is C[C@H](NC(=O)[C@H](N)CC(=O)OC1CCCCC1)C(=O)O.